The maximum Gasteiger partial charge on any atom is 0.271 e. The molecular formula is C28H33N3O3. The summed E-state index contributed by atoms with van der Waals surface area (Å²) in [6.45, 7) is 2.70. The molecule has 2 aliphatic rings. The van der Waals surface area contributed by atoms with Gasteiger partial charge in [-0.3, -0.25) is 9.59 Å². The zero-order valence-corrected chi connectivity index (χ0v) is 20.0. The van der Waals surface area contributed by atoms with E-state index in [1.54, 1.807) is 12.0 Å². The number of nitrogens with one attached hydrogen (secondary N) is 1. The van der Waals surface area contributed by atoms with Crippen LogP contribution >= 0.6 is 0 Å². The maximum absolute atomic E-state index is 13.9. The van der Waals surface area contributed by atoms with Crippen molar-refractivity contribution in [3.8, 4) is 5.75 Å². The monoisotopic (exact) mass is 459 g/mol. The summed E-state index contributed by atoms with van der Waals surface area (Å²) >= 11 is 0. The second-order valence-corrected chi connectivity index (χ2v) is 9.85. The Morgan fingerprint density at radius 3 is 2.47 bits per heavy atom. The predicted molar refractivity (Wildman–Crippen MR) is 133 cm³/mol. The average molecular weight is 460 g/mol. The summed E-state index contributed by atoms with van der Waals surface area (Å²) in [6, 6.07) is 17.8. The Morgan fingerprint density at radius 2 is 1.76 bits per heavy atom. The van der Waals surface area contributed by atoms with Crippen LogP contribution in [0, 0.1) is 0 Å². The van der Waals surface area contributed by atoms with Gasteiger partial charge in [0.05, 0.1) is 13.7 Å². The fraction of sp³-hybridized carbons (Fsp3) is 0.429. The van der Waals surface area contributed by atoms with Crippen LogP contribution in [0.4, 0.5) is 0 Å². The van der Waals surface area contributed by atoms with Crippen LogP contribution in [-0.4, -0.2) is 40.0 Å². The van der Waals surface area contributed by atoms with Crippen molar-refractivity contribution in [3.63, 3.8) is 0 Å². The molecule has 34 heavy (non-hydrogen) atoms. The minimum absolute atomic E-state index is 0.0651. The zero-order chi connectivity index (χ0) is 23.7. The molecule has 1 fully saturated rings. The number of ether oxygens (including phenoxy) is 1. The highest BCUT2D eigenvalue weighted by Gasteiger charge is 2.48. The molecule has 2 aromatic carbocycles. The fourth-order valence-electron chi connectivity index (χ4n) is 5.43. The molecular weight excluding hydrogens is 426 g/mol. The molecule has 5 rings (SSSR count). The highest BCUT2D eigenvalue weighted by atomic mass is 16.5. The Balaban J connectivity index is 1.52. The molecule has 1 aromatic heterocycles. The Hall–Kier alpha value is -3.28. The summed E-state index contributed by atoms with van der Waals surface area (Å²) in [4.78, 5) is 29.5. The standard InChI is InChI=1S/C28H33N3O3/c1-28(27(33)29-22-10-5-3-4-6-11-22)19-30-24-12-8-7-9-21(24)17-25(30)26(32)31(28)18-20-13-15-23(34-2)16-14-20/h7-9,12-17,22H,3-6,10-11,18-19H2,1-2H3,(H,29,33)/t28-/m0/s1. The highest BCUT2D eigenvalue weighted by Crippen LogP contribution is 2.34. The minimum atomic E-state index is -1.00. The summed E-state index contributed by atoms with van der Waals surface area (Å²) in [5, 5.41) is 4.35. The van der Waals surface area contributed by atoms with Crippen molar-refractivity contribution in [1.29, 1.82) is 0 Å². The number of hydrogen-bond donors (Lipinski definition) is 1. The number of hydrogen-bond acceptors (Lipinski definition) is 3. The molecule has 2 amide bonds. The van der Waals surface area contributed by atoms with E-state index in [2.05, 4.69) is 5.32 Å². The van der Waals surface area contributed by atoms with Crippen molar-refractivity contribution in [1.82, 2.24) is 14.8 Å². The lowest BCUT2D eigenvalue weighted by atomic mass is 9.93. The second-order valence-electron chi connectivity index (χ2n) is 9.85. The van der Waals surface area contributed by atoms with Gasteiger partial charge in [0, 0.05) is 23.5 Å². The first-order chi connectivity index (χ1) is 16.5. The van der Waals surface area contributed by atoms with Crippen LogP contribution in [0.15, 0.2) is 54.6 Å². The molecule has 3 aromatic rings. The van der Waals surface area contributed by atoms with Crippen molar-refractivity contribution in [2.45, 2.75) is 70.1 Å². The number of nitrogens with zero attached hydrogens (tertiary/aromatic N) is 2. The lowest BCUT2D eigenvalue weighted by Crippen LogP contribution is -2.64. The molecule has 1 aliphatic heterocycles. The van der Waals surface area contributed by atoms with Gasteiger partial charge in [-0.1, -0.05) is 56.0 Å². The maximum atomic E-state index is 13.9. The Bertz CT molecular complexity index is 1190. The van der Waals surface area contributed by atoms with Crippen LogP contribution in [0.1, 0.15) is 61.5 Å². The van der Waals surface area contributed by atoms with Gasteiger partial charge in [-0.2, -0.15) is 0 Å². The number of carbonyl (C=O) groups is 2. The number of benzene rings is 2. The number of amides is 2. The molecule has 6 heteroatoms. The molecule has 0 spiro atoms. The van der Waals surface area contributed by atoms with Crippen molar-refractivity contribution in [2.24, 2.45) is 0 Å². The van der Waals surface area contributed by atoms with Crippen LogP contribution in [0.5, 0.6) is 5.75 Å². The lowest BCUT2D eigenvalue weighted by molar-refractivity contribution is -0.134. The third-order valence-corrected chi connectivity index (χ3v) is 7.52. The van der Waals surface area contributed by atoms with Crippen LogP contribution in [-0.2, 0) is 17.9 Å². The third kappa shape index (κ3) is 4.06. The fourth-order valence-corrected chi connectivity index (χ4v) is 5.43. The van der Waals surface area contributed by atoms with Crippen LogP contribution in [0.25, 0.3) is 10.9 Å². The Kier molecular flexibility index (Phi) is 6.07. The first-order valence-electron chi connectivity index (χ1n) is 12.3. The van der Waals surface area contributed by atoms with Gasteiger partial charge in [0.25, 0.3) is 5.91 Å². The van der Waals surface area contributed by atoms with Gasteiger partial charge in [0.15, 0.2) is 0 Å². The van der Waals surface area contributed by atoms with Gasteiger partial charge in [-0.25, -0.2) is 0 Å². The highest BCUT2D eigenvalue weighted by molar-refractivity contribution is 6.03. The summed E-state index contributed by atoms with van der Waals surface area (Å²) in [5.74, 6) is 0.587. The van der Waals surface area contributed by atoms with Crippen molar-refractivity contribution in [3.05, 3.63) is 65.9 Å². The lowest BCUT2D eigenvalue weighted by Gasteiger charge is -2.44. The summed E-state index contributed by atoms with van der Waals surface area (Å²) in [5.41, 5.74) is 1.59. The molecule has 1 saturated carbocycles. The smallest absolute Gasteiger partial charge is 0.271 e. The number of carbonyl (C=O) groups excluding carboxylic acids is 2. The number of para-hydroxylation sites is 1. The molecule has 1 N–H and O–H groups in total. The number of fused-ring (bicyclic) bond motifs is 3. The van der Waals surface area contributed by atoms with E-state index < -0.39 is 5.54 Å². The predicted octanol–water partition coefficient (Wildman–Crippen LogP) is 4.90. The molecule has 178 valence electrons. The molecule has 2 heterocycles. The first-order valence-corrected chi connectivity index (χ1v) is 12.3. The molecule has 0 bridgehead atoms. The largest absolute Gasteiger partial charge is 0.497 e. The van der Waals surface area contributed by atoms with E-state index in [-0.39, 0.29) is 17.9 Å². The van der Waals surface area contributed by atoms with E-state index in [9.17, 15) is 9.59 Å². The molecule has 6 nitrogen and oxygen atoms in total. The Labute approximate surface area is 200 Å². The molecule has 0 radical (unpaired) electrons. The van der Waals surface area contributed by atoms with Crippen molar-refractivity contribution < 1.29 is 14.3 Å². The molecule has 0 saturated heterocycles. The van der Waals surface area contributed by atoms with E-state index in [4.69, 9.17) is 4.74 Å². The minimum Gasteiger partial charge on any atom is -0.497 e. The van der Waals surface area contributed by atoms with E-state index >= 15 is 0 Å². The summed E-state index contributed by atoms with van der Waals surface area (Å²) in [7, 11) is 1.64. The number of methoxy groups -OCH3 is 1. The molecule has 0 unspecified atom stereocenters. The van der Waals surface area contributed by atoms with Gasteiger partial charge in [0.2, 0.25) is 5.91 Å². The summed E-state index contributed by atoms with van der Waals surface area (Å²) < 4.78 is 7.31. The van der Waals surface area contributed by atoms with Crippen LogP contribution < -0.4 is 10.1 Å². The average Bonchev–Trinajstić information content (AvgIpc) is 3.02. The van der Waals surface area contributed by atoms with Gasteiger partial charge in [-0.05, 0) is 49.6 Å². The first kappa shape index (κ1) is 22.5. The van der Waals surface area contributed by atoms with Crippen LogP contribution in [0.2, 0.25) is 0 Å². The van der Waals surface area contributed by atoms with E-state index in [1.807, 2.05) is 66.1 Å². The second kappa shape index (κ2) is 9.16. The van der Waals surface area contributed by atoms with Crippen molar-refractivity contribution in [2.75, 3.05) is 7.11 Å². The van der Waals surface area contributed by atoms with E-state index in [0.717, 1.165) is 47.9 Å². The van der Waals surface area contributed by atoms with Gasteiger partial charge >= 0.3 is 0 Å². The quantitative estimate of drug-likeness (QED) is 0.552. The van der Waals surface area contributed by atoms with Crippen LogP contribution in [0.3, 0.4) is 0 Å². The topological polar surface area (TPSA) is 63.6 Å². The number of aromatic nitrogens is 1. The number of rotatable bonds is 5. The van der Waals surface area contributed by atoms with Gasteiger partial charge in [0.1, 0.15) is 17.0 Å². The zero-order valence-electron chi connectivity index (χ0n) is 20.0. The SMILES string of the molecule is COc1ccc(CN2C(=O)c3cc4ccccc4n3C[C@@]2(C)C(=O)NC2CCCCCC2)cc1. The van der Waals surface area contributed by atoms with E-state index in [0.29, 0.717) is 18.8 Å². The third-order valence-electron chi connectivity index (χ3n) is 7.52. The Morgan fingerprint density at radius 1 is 1.06 bits per heavy atom. The normalized spacial score (nSPS) is 21.2. The molecule has 1 aliphatic carbocycles. The van der Waals surface area contributed by atoms with E-state index in [1.165, 1.54) is 12.8 Å². The van der Waals surface area contributed by atoms with Gasteiger partial charge in [-0.15, -0.1) is 0 Å². The molecule has 1 atom stereocenters. The van der Waals surface area contributed by atoms with Crippen molar-refractivity contribution >= 4 is 22.7 Å². The summed E-state index contributed by atoms with van der Waals surface area (Å²) in [6.07, 6.45) is 6.75. The van der Waals surface area contributed by atoms with Gasteiger partial charge < -0.3 is 19.5 Å².